The average molecular weight is 352 g/mol. The zero-order chi connectivity index (χ0) is 14.4. The molecule has 0 aromatic heterocycles. The van der Waals surface area contributed by atoms with Gasteiger partial charge < -0.3 is 0 Å². The van der Waals surface area contributed by atoms with Gasteiger partial charge in [-0.2, -0.15) is 5.10 Å². The fourth-order valence-corrected chi connectivity index (χ4v) is 2.06. The summed E-state index contributed by atoms with van der Waals surface area (Å²) in [5.74, 6) is -0.161. The van der Waals surface area contributed by atoms with E-state index in [0.29, 0.717) is 11.4 Å². The van der Waals surface area contributed by atoms with E-state index in [4.69, 9.17) is 11.6 Å². The van der Waals surface area contributed by atoms with E-state index in [0.717, 1.165) is 15.6 Å². The van der Waals surface area contributed by atoms with Crippen LogP contribution in [-0.4, -0.2) is 12.1 Å². The number of hydrogen-bond acceptors (Lipinski definition) is 2. The number of hydrogen-bond donors (Lipinski definition) is 1. The standard InChI is InChI=1S/C15H12BrClN2O/c16-13-6-4-11(5-7-13)9-15(20)19-18-10-12-2-1-3-14(17)8-12/h1-8,10H,9H2,(H,19,20)/b18-10-. The van der Waals surface area contributed by atoms with Crippen LogP contribution < -0.4 is 5.43 Å². The zero-order valence-electron chi connectivity index (χ0n) is 10.5. The number of amides is 1. The van der Waals surface area contributed by atoms with Gasteiger partial charge in [-0.25, -0.2) is 5.43 Å². The predicted octanol–water partition coefficient (Wildman–Crippen LogP) is 3.80. The summed E-state index contributed by atoms with van der Waals surface area (Å²) in [7, 11) is 0. The molecule has 0 unspecified atom stereocenters. The molecule has 0 heterocycles. The maximum absolute atomic E-state index is 11.7. The van der Waals surface area contributed by atoms with Gasteiger partial charge in [0.25, 0.3) is 0 Å². The van der Waals surface area contributed by atoms with E-state index in [1.165, 1.54) is 0 Å². The first kappa shape index (κ1) is 14.8. The molecule has 0 radical (unpaired) electrons. The molecule has 0 atom stereocenters. The van der Waals surface area contributed by atoms with Crippen LogP contribution in [-0.2, 0) is 11.2 Å². The minimum absolute atomic E-state index is 0.161. The molecule has 0 aliphatic carbocycles. The number of carbonyl (C=O) groups is 1. The van der Waals surface area contributed by atoms with Crippen molar-refractivity contribution in [2.24, 2.45) is 5.10 Å². The Labute approximate surface area is 130 Å². The first-order chi connectivity index (χ1) is 9.63. The minimum atomic E-state index is -0.161. The SMILES string of the molecule is O=C(Cc1ccc(Br)cc1)N/N=C\c1cccc(Cl)c1. The molecule has 0 spiro atoms. The Morgan fingerprint density at radius 3 is 2.70 bits per heavy atom. The van der Waals surface area contributed by atoms with Gasteiger partial charge in [-0.1, -0.05) is 51.8 Å². The number of rotatable bonds is 4. The van der Waals surface area contributed by atoms with Gasteiger partial charge in [0.2, 0.25) is 5.91 Å². The van der Waals surface area contributed by atoms with E-state index in [-0.39, 0.29) is 5.91 Å². The summed E-state index contributed by atoms with van der Waals surface area (Å²) < 4.78 is 0.987. The normalized spacial score (nSPS) is 10.7. The second-order valence-electron chi connectivity index (χ2n) is 4.15. The lowest BCUT2D eigenvalue weighted by atomic mass is 10.1. The molecule has 0 saturated heterocycles. The Morgan fingerprint density at radius 2 is 2.00 bits per heavy atom. The van der Waals surface area contributed by atoms with Gasteiger partial charge >= 0.3 is 0 Å². The van der Waals surface area contributed by atoms with Crippen molar-refractivity contribution >= 4 is 39.7 Å². The van der Waals surface area contributed by atoms with Crippen molar-refractivity contribution in [3.8, 4) is 0 Å². The van der Waals surface area contributed by atoms with Crippen molar-refractivity contribution in [2.45, 2.75) is 6.42 Å². The van der Waals surface area contributed by atoms with Crippen LogP contribution in [0.3, 0.4) is 0 Å². The van der Waals surface area contributed by atoms with Gasteiger partial charge in [-0.15, -0.1) is 0 Å². The predicted molar refractivity (Wildman–Crippen MR) is 85.0 cm³/mol. The molecule has 5 heteroatoms. The van der Waals surface area contributed by atoms with Crippen LogP contribution in [0, 0.1) is 0 Å². The molecule has 2 aromatic rings. The molecule has 102 valence electrons. The van der Waals surface area contributed by atoms with Crippen molar-refractivity contribution in [3.63, 3.8) is 0 Å². The molecular formula is C15H12BrClN2O. The quantitative estimate of drug-likeness (QED) is 0.661. The van der Waals surface area contributed by atoms with E-state index in [2.05, 4.69) is 26.5 Å². The Hall–Kier alpha value is -1.65. The van der Waals surface area contributed by atoms with E-state index >= 15 is 0 Å². The summed E-state index contributed by atoms with van der Waals surface area (Å²) in [4.78, 5) is 11.7. The smallest absolute Gasteiger partial charge is 0.244 e. The van der Waals surface area contributed by atoms with Crippen LogP contribution in [0.25, 0.3) is 0 Å². The first-order valence-electron chi connectivity index (χ1n) is 5.95. The summed E-state index contributed by atoms with van der Waals surface area (Å²) in [5, 5.41) is 4.54. The Bertz CT molecular complexity index is 626. The Morgan fingerprint density at radius 1 is 1.25 bits per heavy atom. The topological polar surface area (TPSA) is 41.5 Å². The third-order valence-electron chi connectivity index (χ3n) is 2.53. The fraction of sp³-hybridized carbons (Fsp3) is 0.0667. The maximum atomic E-state index is 11.7. The Balaban J connectivity index is 1.87. The Kier molecular flexibility index (Phi) is 5.32. The van der Waals surface area contributed by atoms with Crippen molar-refractivity contribution in [1.82, 2.24) is 5.43 Å². The molecule has 0 bridgehead atoms. The average Bonchev–Trinajstić information content (AvgIpc) is 2.41. The molecule has 0 saturated carbocycles. The highest BCUT2D eigenvalue weighted by molar-refractivity contribution is 9.10. The molecule has 1 N–H and O–H groups in total. The van der Waals surface area contributed by atoms with Gasteiger partial charge in [-0.3, -0.25) is 4.79 Å². The van der Waals surface area contributed by atoms with Crippen molar-refractivity contribution in [1.29, 1.82) is 0 Å². The summed E-state index contributed by atoms with van der Waals surface area (Å²) in [6.45, 7) is 0. The molecule has 2 aromatic carbocycles. The highest BCUT2D eigenvalue weighted by Gasteiger charge is 2.01. The molecule has 2 rings (SSSR count). The number of nitrogens with one attached hydrogen (secondary N) is 1. The largest absolute Gasteiger partial charge is 0.273 e. The number of hydrazone groups is 1. The third-order valence-corrected chi connectivity index (χ3v) is 3.29. The summed E-state index contributed by atoms with van der Waals surface area (Å²) in [6.07, 6.45) is 1.85. The summed E-state index contributed by atoms with van der Waals surface area (Å²) >= 11 is 9.20. The van der Waals surface area contributed by atoms with Crippen LogP contribution in [0.1, 0.15) is 11.1 Å². The minimum Gasteiger partial charge on any atom is -0.273 e. The molecule has 3 nitrogen and oxygen atoms in total. The van der Waals surface area contributed by atoms with Gasteiger partial charge in [0, 0.05) is 9.50 Å². The monoisotopic (exact) mass is 350 g/mol. The van der Waals surface area contributed by atoms with Crippen molar-refractivity contribution < 1.29 is 4.79 Å². The molecule has 1 amide bonds. The molecule has 0 fully saturated rings. The lowest BCUT2D eigenvalue weighted by Gasteiger charge is -2.00. The third kappa shape index (κ3) is 4.79. The molecule has 20 heavy (non-hydrogen) atoms. The van der Waals surface area contributed by atoms with Gasteiger partial charge in [-0.05, 0) is 35.4 Å². The van der Waals surface area contributed by atoms with Gasteiger partial charge in [0.15, 0.2) is 0 Å². The van der Waals surface area contributed by atoms with Crippen molar-refractivity contribution in [2.75, 3.05) is 0 Å². The number of benzene rings is 2. The number of halogens is 2. The number of nitrogens with zero attached hydrogens (tertiary/aromatic N) is 1. The molecule has 0 aliphatic heterocycles. The second kappa shape index (κ2) is 7.22. The van der Waals surface area contributed by atoms with Crippen LogP contribution in [0.2, 0.25) is 5.02 Å². The van der Waals surface area contributed by atoms with Crippen molar-refractivity contribution in [3.05, 3.63) is 69.2 Å². The van der Waals surface area contributed by atoms with Gasteiger partial charge in [0.05, 0.1) is 12.6 Å². The van der Waals surface area contributed by atoms with E-state index in [1.54, 1.807) is 18.3 Å². The van der Waals surface area contributed by atoms with Crippen LogP contribution in [0.4, 0.5) is 0 Å². The van der Waals surface area contributed by atoms with E-state index in [1.807, 2.05) is 36.4 Å². The lowest BCUT2D eigenvalue weighted by molar-refractivity contribution is -0.120. The van der Waals surface area contributed by atoms with E-state index in [9.17, 15) is 4.79 Å². The van der Waals surface area contributed by atoms with Crippen LogP contribution in [0.15, 0.2) is 58.1 Å². The summed E-state index contributed by atoms with van der Waals surface area (Å²) in [6, 6.07) is 14.8. The second-order valence-corrected chi connectivity index (χ2v) is 5.50. The maximum Gasteiger partial charge on any atom is 0.244 e. The highest BCUT2D eigenvalue weighted by Crippen LogP contribution is 2.11. The first-order valence-corrected chi connectivity index (χ1v) is 7.12. The van der Waals surface area contributed by atoms with Crippen LogP contribution >= 0.6 is 27.5 Å². The zero-order valence-corrected chi connectivity index (χ0v) is 12.9. The highest BCUT2D eigenvalue weighted by atomic mass is 79.9. The molecular weight excluding hydrogens is 340 g/mol. The van der Waals surface area contributed by atoms with E-state index < -0.39 is 0 Å². The van der Waals surface area contributed by atoms with Gasteiger partial charge in [0.1, 0.15) is 0 Å². The lowest BCUT2D eigenvalue weighted by Crippen LogP contribution is -2.19. The molecule has 0 aliphatic rings. The fourth-order valence-electron chi connectivity index (χ4n) is 1.59. The number of carbonyl (C=O) groups excluding carboxylic acids is 1. The van der Waals surface area contributed by atoms with Crippen LogP contribution in [0.5, 0.6) is 0 Å². The summed E-state index contributed by atoms with van der Waals surface area (Å²) in [5.41, 5.74) is 4.26.